The number of benzene rings is 2. The Morgan fingerprint density at radius 1 is 0.848 bits per heavy atom. The van der Waals surface area contributed by atoms with E-state index in [9.17, 15) is 4.79 Å². The highest BCUT2D eigenvalue weighted by molar-refractivity contribution is 7.17. The van der Waals surface area contributed by atoms with Crippen LogP contribution in [0.25, 0.3) is 10.2 Å². The maximum absolute atomic E-state index is 13.2. The van der Waals surface area contributed by atoms with E-state index in [0.717, 1.165) is 32.8 Å². The summed E-state index contributed by atoms with van der Waals surface area (Å²) >= 11 is 1.45. The van der Waals surface area contributed by atoms with Crippen LogP contribution < -0.4 is 20.1 Å². The molecule has 2 aromatic carbocycles. The Balaban J connectivity index is 1.55. The number of rotatable bonds is 8. The van der Waals surface area contributed by atoms with E-state index < -0.39 is 0 Å². The van der Waals surface area contributed by atoms with Gasteiger partial charge in [0.1, 0.15) is 11.5 Å². The Morgan fingerprint density at radius 2 is 1.42 bits per heavy atom. The number of aromatic nitrogens is 2. The molecule has 2 heterocycles. The number of nitrogens with zero attached hydrogens (tertiary/aromatic N) is 2. The summed E-state index contributed by atoms with van der Waals surface area (Å²) in [6.07, 6.45) is 0. The van der Waals surface area contributed by atoms with Gasteiger partial charge in [0, 0.05) is 0 Å². The topological polar surface area (TPSA) is 85.4 Å². The fraction of sp³-hybridized carbons (Fsp3) is 0.240. The molecule has 1 amide bonds. The van der Waals surface area contributed by atoms with Gasteiger partial charge in [-0.3, -0.25) is 4.79 Å². The first-order valence-corrected chi connectivity index (χ1v) is 11.5. The molecule has 0 aliphatic carbocycles. The van der Waals surface area contributed by atoms with E-state index in [2.05, 4.69) is 20.6 Å². The van der Waals surface area contributed by atoms with Crippen molar-refractivity contribution in [1.82, 2.24) is 15.3 Å². The summed E-state index contributed by atoms with van der Waals surface area (Å²) in [5.41, 5.74) is 3.14. The van der Waals surface area contributed by atoms with Crippen molar-refractivity contribution in [2.24, 2.45) is 0 Å². The highest BCUT2D eigenvalue weighted by Crippen LogP contribution is 2.27. The van der Waals surface area contributed by atoms with Gasteiger partial charge >= 0.3 is 0 Å². The third kappa shape index (κ3) is 5.06. The van der Waals surface area contributed by atoms with Crippen LogP contribution in [0.5, 0.6) is 11.5 Å². The molecule has 4 aromatic rings. The highest BCUT2D eigenvalue weighted by Gasteiger charge is 2.19. The van der Waals surface area contributed by atoms with Crippen LogP contribution in [0, 0.1) is 0 Å². The first kappa shape index (κ1) is 22.5. The molecule has 0 fully saturated rings. The van der Waals surface area contributed by atoms with Crippen LogP contribution in [-0.2, 0) is 0 Å². The zero-order valence-electron chi connectivity index (χ0n) is 19.0. The van der Waals surface area contributed by atoms with E-state index in [1.165, 1.54) is 11.3 Å². The van der Waals surface area contributed by atoms with Gasteiger partial charge in [-0.2, -0.15) is 0 Å². The first-order valence-electron chi connectivity index (χ1n) is 10.6. The summed E-state index contributed by atoms with van der Waals surface area (Å²) in [7, 11) is 3.27. The van der Waals surface area contributed by atoms with Gasteiger partial charge < -0.3 is 20.1 Å². The average molecular weight is 463 g/mol. The number of fused-ring (bicyclic) bond motifs is 1. The smallest absolute Gasteiger partial charge is 0.272 e. The van der Waals surface area contributed by atoms with Crippen molar-refractivity contribution in [1.29, 1.82) is 0 Å². The Hall–Kier alpha value is -3.65. The molecule has 2 N–H and O–H groups in total. The van der Waals surface area contributed by atoms with Crippen molar-refractivity contribution < 1.29 is 14.3 Å². The minimum Gasteiger partial charge on any atom is -0.497 e. The van der Waals surface area contributed by atoms with Gasteiger partial charge in [0.05, 0.1) is 36.5 Å². The minimum absolute atomic E-state index is 0.0545. The van der Waals surface area contributed by atoms with Crippen molar-refractivity contribution in [3.63, 3.8) is 0 Å². The predicted molar refractivity (Wildman–Crippen MR) is 131 cm³/mol. The number of hydrogen-bond acceptors (Lipinski definition) is 7. The molecule has 0 unspecified atom stereocenters. The van der Waals surface area contributed by atoms with Gasteiger partial charge in [0.15, 0.2) is 5.69 Å². The highest BCUT2D eigenvalue weighted by atomic mass is 32.1. The second-order valence-corrected chi connectivity index (χ2v) is 8.55. The molecule has 2 aromatic heterocycles. The summed E-state index contributed by atoms with van der Waals surface area (Å²) in [6, 6.07) is 17.1. The molecule has 7 nitrogen and oxygen atoms in total. The monoisotopic (exact) mass is 462 g/mol. The van der Waals surface area contributed by atoms with E-state index in [-0.39, 0.29) is 18.0 Å². The molecule has 0 radical (unpaired) electrons. The molecular weight excluding hydrogens is 436 g/mol. The number of ether oxygens (including phenoxy) is 2. The molecule has 0 aliphatic rings. The second-order valence-electron chi connectivity index (χ2n) is 7.64. The van der Waals surface area contributed by atoms with Crippen LogP contribution in [0.15, 0.2) is 60.0 Å². The Morgan fingerprint density at radius 3 is 2.00 bits per heavy atom. The Bertz CT molecular complexity index is 1240. The maximum atomic E-state index is 13.2. The lowest BCUT2D eigenvalue weighted by atomic mass is 10.1. The quantitative estimate of drug-likeness (QED) is 0.366. The van der Waals surface area contributed by atoms with Crippen LogP contribution in [0.1, 0.15) is 47.5 Å². The molecule has 170 valence electrons. The summed E-state index contributed by atoms with van der Waals surface area (Å²) in [5.74, 6) is 1.74. The molecule has 4 rings (SSSR count). The van der Waals surface area contributed by atoms with E-state index in [4.69, 9.17) is 9.47 Å². The second kappa shape index (κ2) is 9.87. The molecule has 0 bridgehead atoms. The SMILES string of the molecule is COc1ccc([C@H](C)NC(=O)c2nc(N[C@@H](C)c3ccc(OC)cc3)nc3ccsc23)cc1. The van der Waals surface area contributed by atoms with Crippen molar-refractivity contribution in [3.8, 4) is 11.5 Å². The van der Waals surface area contributed by atoms with Crippen molar-refractivity contribution >= 4 is 33.4 Å². The lowest BCUT2D eigenvalue weighted by Crippen LogP contribution is -2.28. The number of amides is 1. The number of carbonyl (C=O) groups is 1. The molecule has 2 atom stereocenters. The minimum atomic E-state index is -0.242. The largest absolute Gasteiger partial charge is 0.497 e. The van der Waals surface area contributed by atoms with Gasteiger partial charge in [-0.25, -0.2) is 9.97 Å². The number of nitrogens with one attached hydrogen (secondary N) is 2. The third-order valence-corrected chi connectivity index (χ3v) is 6.35. The summed E-state index contributed by atoms with van der Waals surface area (Å²) in [4.78, 5) is 22.4. The van der Waals surface area contributed by atoms with E-state index in [0.29, 0.717) is 11.6 Å². The van der Waals surface area contributed by atoms with Crippen molar-refractivity contribution in [3.05, 3.63) is 76.8 Å². The van der Waals surface area contributed by atoms with Crippen LogP contribution >= 0.6 is 11.3 Å². The number of hydrogen-bond donors (Lipinski definition) is 2. The normalized spacial score (nSPS) is 12.7. The number of thiophene rings is 1. The van der Waals surface area contributed by atoms with Crippen molar-refractivity contribution in [2.45, 2.75) is 25.9 Å². The molecule has 0 saturated carbocycles. The van der Waals surface area contributed by atoms with Crippen LogP contribution in [0.4, 0.5) is 5.95 Å². The number of methoxy groups -OCH3 is 2. The van der Waals surface area contributed by atoms with E-state index in [1.807, 2.05) is 73.8 Å². The molecule has 0 saturated heterocycles. The van der Waals surface area contributed by atoms with Gasteiger partial charge in [-0.15, -0.1) is 11.3 Å². The van der Waals surface area contributed by atoms with Crippen molar-refractivity contribution in [2.75, 3.05) is 19.5 Å². The Labute approximate surface area is 196 Å². The molecule has 0 aliphatic heterocycles. The Kier molecular flexibility index (Phi) is 6.74. The van der Waals surface area contributed by atoms with E-state index >= 15 is 0 Å². The van der Waals surface area contributed by atoms with Gasteiger partial charge in [0.2, 0.25) is 5.95 Å². The lowest BCUT2D eigenvalue weighted by molar-refractivity contribution is 0.0937. The zero-order valence-corrected chi connectivity index (χ0v) is 19.8. The maximum Gasteiger partial charge on any atom is 0.272 e. The van der Waals surface area contributed by atoms with Crippen LogP contribution in [0.3, 0.4) is 0 Å². The lowest BCUT2D eigenvalue weighted by Gasteiger charge is -2.17. The number of carbonyl (C=O) groups excluding carboxylic acids is 1. The predicted octanol–water partition coefficient (Wildman–Crippen LogP) is 5.37. The van der Waals surface area contributed by atoms with Gasteiger partial charge in [-0.1, -0.05) is 24.3 Å². The average Bonchev–Trinajstić information content (AvgIpc) is 3.32. The van der Waals surface area contributed by atoms with Gasteiger partial charge in [0.25, 0.3) is 5.91 Å². The summed E-state index contributed by atoms with van der Waals surface area (Å²) < 4.78 is 11.2. The summed E-state index contributed by atoms with van der Waals surface area (Å²) in [6.45, 7) is 3.96. The zero-order chi connectivity index (χ0) is 23.4. The molecule has 8 heteroatoms. The fourth-order valence-corrected chi connectivity index (χ4v) is 4.31. The standard InChI is InChI=1S/C25H26N4O3S/c1-15(17-5-9-19(31-3)10-6-17)26-24(30)22-23-21(13-14-33-23)28-25(29-22)27-16(2)18-7-11-20(32-4)12-8-18/h5-16H,1-4H3,(H,26,30)(H,27,28,29)/t15-,16-/m0/s1. The summed E-state index contributed by atoms with van der Waals surface area (Å²) in [5, 5.41) is 8.29. The third-order valence-electron chi connectivity index (χ3n) is 5.44. The number of anilines is 1. The van der Waals surface area contributed by atoms with Crippen LogP contribution in [0.2, 0.25) is 0 Å². The molecular formula is C25H26N4O3S. The molecule has 0 spiro atoms. The van der Waals surface area contributed by atoms with Crippen LogP contribution in [-0.4, -0.2) is 30.1 Å². The first-order chi connectivity index (χ1) is 16.0. The van der Waals surface area contributed by atoms with E-state index in [1.54, 1.807) is 14.2 Å². The molecule has 33 heavy (non-hydrogen) atoms. The van der Waals surface area contributed by atoms with Gasteiger partial charge in [-0.05, 0) is 60.7 Å². The fourth-order valence-electron chi connectivity index (χ4n) is 3.49.